The number of hydrogen-bond donors (Lipinski definition) is 0. The van der Waals surface area contributed by atoms with Gasteiger partial charge in [-0.2, -0.15) is 0 Å². The number of pyridine rings is 1. The van der Waals surface area contributed by atoms with Gasteiger partial charge in [-0.1, -0.05) is 0 Å². The second-order valence-corrected chi connectivity index (χ2v) is 2.43. The summed E-state index contributed by atoms with van der Waals surface area (Å²) in [4.78, 5) is 12.0. The molecule has 0 fully saturated rings. The first-order valence-corrected chi connectivity index (χ1v) is 3.46. The summed E-state index contributed by atoms with van der Waals surface area (Å²) in [5, 5.41) is 8.65. The van der Waals surface area contributed by atoms with Crippen molar-refractivity contribution in [3.8, 4) is 0 Å². The molecule has 0 unspecified atom stereocenters. The third-order valence-electron chi connectivity index (χ3n) is 1.75. The molecule has 3 rings (SSSR count). The van der Waals surface area contributed by atoms with Crippen LogP contribution in [0.15, 0.2) is 28.8 Å². The highest BCUT2D eigenvalue weighted by molar-refractivity contribution is 5.96. The molecule has 2 aromatic rings. The SMILES string of the molecule is c1cc2c3c(ncnc3n1)N=N2. The molecular formula is C7H3N5. The molecular weight excluding hydrogens is 154 g/mol. The summed E-state index contributed by atoms with van der Waals surface area (Å²) in [6, 6.07) is 1.80. The molecule has 0 N–H and O–H groups in total. The molecule has 0 amide bonds. The summed E-state index contributed by atoms with van der Waals surface area (Å²) in [5.41, 5.74) is 1.46. The van der Waals surface area contributed by atoms with Gasteiger partial charge in [-0.25, -0.2) is 15.0 Å². The minimum atomic E-state index is 0.614. The van der Waals surface area contributed by atoms with Crippen LogP contribution in [0, 0.1) is 0 Å². The summed E-state index contributed by atoms with van der Waals surface area (Å²) in [5.74, 6) is 0.614. The molecule has 2 aromatic heterocycles. The lowest BCUT2D eigenvalue weighted by Crippen LogP contribution is -1.83. The van der Waals surface area contributed by atoms with Gasteiger partial charge in [-0.15, -0.1) is 10.2 Å². The molecule has 56 valence electrons. The van der Waals surface area contributed by atoms with Crippen LogP contribution >= 0.6 is 0 Å². The van der Waals surface area contributed by atoms with Crippen LogP contribution in [0.3, 0.4) is 0 Å². The predicted octanol–water partition coefficient (Wildman–Crippen LogP) is 1.75. The fraction of sp³-hybridized carbons (Fsp3) is 0. The smallest absolute Gasteiger partial charge is 0.189 e. The Morgan fingerprint density at radius 2 is 2.00 bits per heavy atom. The first-order valence-electron chi connectivity index (χ1n) is 3.46. The molecule has 0 aromatic carbocycles. The summed E-state index contributed by atoms with van der Waals surface area (Å²) in [6.45, 7) is 0. The monoisotopic (exact) mass is 157 g/mol. The Kier molecular flexibility index (Phi) is 0.864. The maximum atomic E-state index is 4.07. The normalized spacial score (nSPS) is 12.7. The number of nitrogens with zero attached hydrogens (tertiary/aromatic N) is 5. The maximum absolute atomic E-state index is 4.07. The summed E-state index contributed by atoms with van der Waals surface area (Å²) < 4.78 is 0. The zero-order valence-electron chi connectivity index (χ0n) is 5.97. The average Bonchev–Trinajstić information content (AvgIpc) is 2.52. The topological polar surface area (TPSA) is 63.4 Å². The van der Waals surface area contributed by atoms with E-state index in [4.69, 9.17) is 0 Å². The standard InChI is InChI=1S/C7H3N5/c1-2-8-6-5-4(1)11-12-7(5)10-3-9-6/h1-3H. The van der Waals surface area contributed by atoms with Gasteiger partial charge in [0.2, 0.25) is 0 Å². The average molecular weight is 157 g/mol. The second-order valence-electron chi connectivity index (χ2n) is 2.43. The van der Waals surface area contributed by atoms with Crippen molar-refractivity contribution in [1.82, 2.24) is 15.0 Å². The van der Waals surface area contributed by atoms with Crippen LogP contribution in [0.2, 0.25) is 0 Å². The highest BCUT2D eigenvalue weighted by Crippen LogP contribution is 2.36. The zero-order valence-corrected chi connectivity index (χ0v) is 5.97. The van der Waals surface area contributed by atoms with Crippen LogP contribution in [-0.4, -0.2) is 15.0 Å². The second kappa shape index (κ2) is 1.82. The van der Waals surface area contributed by atoms with Crippen molar-refractivity contribution in [3.05, 3.63) is 18.6 Å². The van der Waals surface area contributed by atoms with Crippen molar-refractivity contribution in [2.24, 2.45) is 10.2 Å². The lowest BCUT2D eigenvalue weighted by Gasteiger charge is -1.93. The molecule has 3 heterocycles. The molecule has 1 aliphatic rings. The first kappa shape index (κ1) is 5.70. The molecule has 0 bridgehead atoms. The molecule has 5 heteroatoms. The Balaban J connectivity index is 2.64. The Labute approximate surface area is 67.2 Å². The van der Waals surface area contributed by atoms with Crippen molar-refractivity contribution in [3.63, 3.8) is 0 Å². The quantitative estimate of drug-likeness (QED) is 0.499. The summed E-state index contributed by atoms with van der Waals surface area (Å²) in [6.07, 6.45) is 3.11. The molecule has 0 aliphatic carbocycles. The highest BCUT2D eigenvalue weighted by atomic mass is 15.2. The van der Waals surface area contributed by atoms with Gasteiger partial charge in [-0.3, -0.25) is 0 Å². The van der Waals surface area contributed by atoms with Crippen LogP contribution in [0.4, 0.5) is 11.5 Å². The fourth-order valence-electron chi connectivity index (χ4n) is 1.22. The molecule has 0 radical (unpaired) electrons. The van der Waals surface area contributed by atoms with Crippen LogP contribution < -0.4 is 0 Å². The zero-order chi connectivity index (χ0) is 7.97. The van der Waals surface area contributed by atoms with Gasteiger partial charge in [0.25, 0.3) is 0 Å². The van der Waals surface area contributed by atoms with Crippen LogP contribution in [0.25, 0.3) is 11.0 Å². The third-order valence-corrected chi connectivity index (χ3v) is 1.75. The van der Waals surface area contributed by atoms with Crippen molar-refractivity contribution in [1.29, 1.82) is 0 Å². The fourth-order valence-corrected chi connectivity index (χ4v) is 1.22. The Hall–Kier alpha value is -1.91. The van der Waals surface area contributed by atoms with Gasteiger partial charge in [-0.05, 0) is 6.07 Å². The number of aromatic nitrogens is 3. The predicted molar refractivity (Wildman–Crippen MR) is 41.5 cm³/mol. The van der Waals surface area contributed by atoms with Gasteiger partial charge in [0, 0.05) is 6.20 Å². The van der Waals surface area contributed by atoms with Gasteiger partial charge < -0.3 is 0 Å². The van der Waals surface area contributed by atoms with Crippen LogP contribution in [-0.2, 0) is 0 Å². The van der Waals surface area contributed by atoms with Gasteiger partial charge in [0.15, 0.2) is 11.5 Å². The van der Waals surface area contributed by atoms with E-state index in [0.717, 1.165) is 11.1 Å². The van der Waals surface area contributed by atoms with E-state index in [9.17, 15) is 0 Å². The Morgan fingerprint density at radius 3 is 3.00 bits per heavy atom. The van der Waals surface area contributed by atoms with Gasteiger partial charge in [0.1, 0.15) is 12.0 Å². The Morgan fingerprint density at radius 1 is 1.00 bits per heavy atom. The minimum Gasteiger partial charge on any atom is -0.236 e. The summed E-state index contributed by atoms with van der Waals surface area (Å²) in [7, 11) is 0. The third kappa shape index (κ3) is 0.554. The van der Waals surface area contributed by atoms with E-state index in [1.54, 1.807) is 12.3 Å². The van der Waals surface area contributed by atoms with E-state index in [-0.39, 0.29) is 0 Å². The van der Waals surface area contributed by atoms with Crippen LogP contribution in [0.5, 0.6) is 0 Å². The van der Waals surface area contributed by atoms with E-state index >= 15 is 0 Å². The molecule has 0 saturated carbocycles. The number of rotatable bonds is 0. The molecule has 12 heavy (non-hydrogen) atoms. The lowest BCUT2D eigenvalue weighted by molar-refractivity contribution is 1.16. The molecule has 1 aliphatic heterocycles. The van der Waals surface area contributed by atoms with Crippen LogP contribution in [0.1, 0.15) is 0 Å². The van der Waals surface area contributed by atoms with Crippen molar-refractivity contribution in [2.45, 2.75) is 0 Å². The lowest BCUT2D eigenvalue weighted by atomic mass is 10.3. The van der Waals surface area contributed by atoms with E-state index < -0.39 is 0 Å². The molecule has 0 atom stereocenters. The summed E-state index contributed by atoms with van der Waals surface area (Å²) >= 11 is 0. The highest BCUT2D eigenvalue weighted by Gasteiger charge is 2.13. The molecule has 5 nitrogen and oxygen atoms in total. The van der Waals surface area contributed by atoms with Gasteiger partial charge in [0.05, 0.1) is 5.39 Å². The van der Waals surface area contributed by atoms with E-state index in [1.165, 1.54) is 6.33 Å². The largest absolute Gasteiger partial charge is 0.236 e. The molecule has 0 saturated heterocycles. The van der Waals surface area contributed by atoms with Crippen molar-refractivity contribution >= 4 is 22.5 Å². The van der Waals surface area contributed by atoms with E-state index in [2.05, 4.69) is 25.2 Å². The number of hydrogen-bond acceptors (Lipinski definition) is 5. The van der Waals surface area contributed by atoms with Crippen molar-refractivity contribution < 1.29 is 0 Å². The van der Waals surface area contributed by atoms with E-state index in [0.29, 0.717) is 11.5 Å². The Bertz CT molecular complexity index is 449. The minimum absolute atomic E-state index is 0.614. The molecule has 0 spiro atoms. The van der Waals surface area contributed by atoms with Gasteiger partial charge >= 0.3 is 0 Å². The first-order chi connectivity index (χ1) is 5.95. The number of azo groups is 1. The van der Waals surface area contributed by atoms with E-state index in [1.807, 2.05) is 0 Å². The maximum Gasteiger partial charge on any atom is 0.189 e. The van der Waals surface area contributed by atoms with Crippen molar-refractivity contribution in [2.75, 3.05) is 0 Å².